The van der Waals surface area contributed by atoms with Crippen LogP contribution in [0.15, 0.2) is 30.5 Å². The Morgan fingerprint density at radius 3 is 2.58 bits per heavy atom. The van der Waals surface area contributed by atoms with E-state index < -0.39 is 0 Å². The Balaban J connectivity index is 1.52. The highest BCUT2D eigenvalue weighted by Gasteiger charge is 2.26. The van der Waals surface area contributed by atoms with Crippen LogP contribution in [0.25, 0.3) is 0 Å². The van der Waals surface area contributed by atoms with E-state index in [9.17, 15) is 5.11 Å². The number of methoxy groups -OCH3 is 1. The van der Waals surface area contributed by atoms with Gasteiger partial charge in [-0.25, -0.2) is 4.98 Å². The number of nitrogens with one attached hydrogen (secondary N) is 2. The fourth-order valence-electron chi connectivity index (χ4n) is 5.05. The minimum Gasteiger partial charge on any atom is -0.497 e. The molecule has 2 heterocycles. The van der Waals surface area contributed by atoms with Crippen molar-refractivity contribution in [2.24, 2.45) is 5.92 Å². The van der Waals surface area contributed by atoms with Crippen LogP contribution in [0.1, 0.15) is 63.9 Å². The average molecular weight is 454 g/mol. The summed E-state index contributed by atoms with van der Waals surface area (Å²) in [7, 11) is 1.67. The topological polar surface area (TPSA) is 82.5 Å². The first-order chi connectivity index (χ1) is 16.0. The molecule has 0 radical (unpaired) electrons. The second-order valence-corrected chi connectivity index (χ2v) is 9.97. The molecule has 3 N–H and O–H groups in total. The van der Waals surface area contributed by atoms with E-state index in [0.29, 0.717) is 23.8 Å². The molecule has 2 aliphatic rings. The number of nitrogens with zero attached hydrogens (tertiary/aromatic N) is 3. The molecule has 1 saturated carbocycles. The van der Waals surface area contributed by atoms with E-state index in [1.165, 1.54) is 12.1 Å². The van der Waals surface area contributed by atoms with Crippen molar-refractivity contribution in [2.75, 3.05) is 37.4 Å². The van der Waals surface area contributed by atoms with Gasteiger partial charge in [0.1, 0.15) is 11.6 Å². The van der Waals surface area contributed by atoms with E-state index in [2.05, 4.69) is 34.4 Å². The van der Waals surface area contributed by atoms with Gasteiger partial charge in [-0.05, 0) is 75.6 Å². The van der Waals surface area contributed by atoms with E-state index in [0.717, 1.165) is 68.9 Å². The van der Waals surface area contributed by atoms with Crippen molar-refractivity contribution in [3.63, 3.8) is 0 Å². The Bertz CT molecular complexity index is 890. The molecule has 0 atom stereocenters. The van der Waals surface area contributed by atoms with Gasteiger partial charge in [0.15, 0.2) is 0 Å². The maximum absolute atomic E-state index is 9.91. The van der Waals surface area contributed by atoms with E-state index in [4.69, 9.17) is 9.72 Å². The van der Waals surface area contributed by atoms with Crippen LogP contribution >= 0.6 is 0 Å². The first-order valence-corrected chi connectivity index (χ1v) is 12.4. The molecule has 1 aliphatic carbocycles. The molecule has 1 aromatic heterocycles. The fraction of sp³-hybridized carbons (Fsp3) is 0.615. The van der Waals surface area contributed by atoms with Crippen LogP contribution < -0.4 is 15.4 Å². The summed E-state index contributed by atoms with van der Waals surface area (Å²) in [5.74, 6) is 3.49. The molecule has 180 valence electrons. The lowest BCUT2D eigenvalue weighted by Crippen LogP contribution is -2.36. The summed E-state index contributed by atoms with van der Waals surface area (Å²) in [5.41, 5.74) is 2.12. The zero-order valence-electron chi connectivity index (χ0n) is 20.3. The standard InChI is InChI=1S/C26H39N5O2/c1-18(2)17-31-13-11-19(12-14-31)24-16-27-26(29-21-5-4-6-23(15-21)33-3)30-25(24)28-20-7-9-22(32)10-8-20/h4-6,15-16,18-20,22,32H,7-14,17H2,1-3H3,(H2,27,28,29,30). The molecule has 1 aromatic carbocycles. The minimum atomic E-state index is -0.163. The number of rotatable bonds is 8. The summed E-state index contributed by atoms with van der Waals surface area (Å²) in [6.07, 6.45) is 7.75. The second kappa shape index (κ2) is 11.2. The lowest BCUT2D eigenvalue weighted by atomic mass is 9.89. The number of hydrogen-bond acceptors (Lipinski definition) is 7. The van der Waals surface area contributed by atoms with Gasteiger partial charge < -0.3 is 25.4 Å². The number of ether oxygens (including phenoxy) is 1. The van der Waals surface area contributed by atoms with Gasteiger partial charge in [0, 0.05) is 36.1 Å². The fourth-order valence-corrected chi connectivity index (χ4v) is 5.05. The van der Waals surface area contributed by atoms with Crippen LogP contribution in [0.4, 0.5) is 17.5 Å². The summed E-state index contributed by atoms with van der Waals surface area (Å²) < 4.78 is 5.34. The Morgan fingerprint density at radius 1 is 1.12 bits per heavy atom. The summed E-state index contributed by atoms with van der Waals surface area (Å²) in [4.78, 5) is 12.2. The van der Waals surface area contributed by atoms with Gasteiger partial charge >= 0.3 is 0 Å². The Kier molecular flexibility index (Phi) is 8.04. The molecule has 0 spiro atoms. The summed E-state index contributed by atoms with van der Waals surface area (Å²) >= 11 is 0. The predicted molar refractivity (Wildman–Crippen MR) is 133 cm³/mol. The van der Waals surface area contributed by atoms with Gasteiger partial charge in [-0.15, -0.1) is 0 Å². The molecule has 7 heteroatoms. The van der Waals surface area contributed by atoms with Crippen LogP contribution in [-0.4, -0.2) is 58.9 Å². The number of aliphatic hydroxyl groups is 1. The van der Waals surface area contributed by atoms with E-state index in [-0.39, 0.29) is 6.10 Å². The zero-order chi connectivity index (χ0) is 23.2. The second-order valence-electron chi connectivity index (χ2n) is 9.97. The molecule has 1 saturated heterocycles. The number of aromatic nitrogens is 2. The molecule has 2 fully saturated rings. The minimum absolute atomic E-state index is 0.163. The molecule has 7 nitrogen and oxygen atoms in total. The van der Waals surface area contributed by atoms with Gasteiger partial charge in [-0.3, -0.25) is 0 Å². The van der Waals surface area contributed by atoms with Crippen molar-refractivity contribution in [1.82, 2.24) is 14.9 Å². The molecule has 0 amide bonds. The molecule has 33 heavy (non-hydrogen) atoms. The van der Waals surface area contributed by atoms with Gasteiger partial charge in [-0.1, -0.05) is 19.9 Å². The van der Waals surface area contributed by atoms with Gasteiger partial charge in [-0.2, -0.15) is 4.98 Å². The number of likely N-dealkylation sites (tertiary alicyclic amines) is 1. The van der Waals surface area contributed by atoms with E-state index in [1.807, 2.05) is 30.5 Å². The highest BCUT2D eigenvalue weighted by molar-refractivity contribution is 5.58. The lowest BCUT2D eigenvalue weighted by Gasteiger charge is -2.34. The van der Waals surface area contributed by atoms with Gasteiger partial charge in [0.2, 0.25) is 5.95 Å². The molecular formula is C26H39N5O2. The van der Waals surface area contributed by atoms with Crippen molar-refractivity contribution in [1.29, 1.82) is 0 Å². The third-order valence-electron chi connectivity index (χ3n) is 6.83. The highest BCUT2D eigenvalue weighted by atomic mass is 16.5. The summed E-state index contributed by atoms with van der Waals surface area (Å²) in [6.45, 7) is 8.00. The van der Waals surface area contributed by atoms with Crippen LogP contribution in [0, 0.1) is 5.92 Å². The number of piperidine rings is 1. The van der Waals surface area contributed by atoms with Crippen LogP contribution in [0.2, 0.25) is 0 Å². The normalized spacial score (nSPS) is 22.3. The van der Waals surface area contributed by atoms with Crippen molar-refractivity contribution < 1.29 is 9.84 Å². The van der Waals surface area contributed by atoms with Crippen LogP contribution in [0.5, 0.6) is 5.75 Å². The van der Waals surface area contributed by atoms with E-state index >= 15 is 0 Å². The lowest BCUT2D eigenvalue weighted by molar-refractivity contribution is 0.126. The zero-order valence-corrected chi connectivity index (χ0v) is 20.3. The Labute approximate surface area is 198 Å². The largest absolute Gasteiger partial charge is 0.497 e. The maximum atomic E-state index is 9.91. The van der Waals surface area contributed by atoms with Crippen molar-refractivity contribution in [2.45, 2.75) is 70.4 Å². The van der Waals surface area contributed by atoms with E-state index in [1.54, 1.807) is 7.11 Å². The number of benzene rings is 1. The number of anilines is 3. The molecule has 0 unspecified atom stereocenters. The SMILES string of the molecule is COc1cccc(Nc2ncc(C3CCN(CC(C)C)CC3)c(NC3CCC(O)CC3)n2)c1. The molecule has 2 aromatic rings. The third kappa shape index (κ3) is 6.58. The van der Waals surface area contributed by atoms with Crippen molar-refractivity contribution in [3.8, 4) is 5.75 Å². The molecular weight excluding hydrogens is 414 g/mol. The summed E-state index contributed by atoms with van der Waals surface area (Å²) in [6, 6.07) is 8.14. The first-order valence-electron chi connectivity index (χ1n) is 12.4. The van der Waals surface area contributed by atoms with Gasteiger partial charge in [0.25, 0.3) is 0 Å². The summed E-state index contributed by atoms with van der Waals surface area (Å²) in [5, 5.41) is 17.0. The quantitative estimate of drug-likeness (QED) is 0.531. The van der Waals surface area contributed by atoms with Gasteiger partial charge in [0.05, 0.1) is 13.2 Å². The Morgan fingerprint density at radius 2 is 1.88 bits per heavy atom. The number of hydrogen-bond donors (Lipinski definition) is 3. The van der Waals surface area contributed by atoms with Crippen molar-refractivity contribution >= 4 is 17.5 Å². The average Bonchev–Trinajstić information content (AvgIpc) is 2.81. The number of aliphatic hydroxyl groups excluding tert-OH is 1. The first kappa shape index (κ1) is 23.8. The van der Waals surface area contributed by atoms with Crippen molar-refractivity contribution in [3.05, 3.63) is 36.0 Å². The smallest absolute Gasteiger partial charge is 0.229 e. The maximum Gasteiger partial charge on any atom is 0.229 e. The third-order valence-corrected chi connectivity index (χ3v) is 6.83. The predicted octanol–water partition coefficient (Wildman–Crippen LogP) is 4.78. The van der Waals surface area contributed by atoms with Crippen LogP contribution in [0.3, 0.4) is 0 Å². The Hall–Kier alpha value is -2.38. The monoisotopic (exact) mass is 453 g/mol. The molecule has 0 bridgehead atoms. The molecule has 1 aliphatic heterocycles. The highest BCUT2D eigenvalue weighted by Crippen LogP contribution is 2.34. The molecule has 4 rings (SSSR count). The van der Waals surface area contributed by atoms with Crippen LogP contribution in [-0.2, 0) is 0 Å².